The van der Waals surface area contributed by atoms with Gasteiger partial charge in [0.25, 0.3) is 0 Å². The Morgan fingerprint density at radius 1 is 1.07 bits per heavy atom. The lowest BCUT2D eigenvalue weighted by Crippen LogP contribution is -2.39. The molecule has 4 nitrogen and oxygen atoms in total. The van der Waals surface area contributed by atoms with Crippen molar-refractivity contribution in [1.29, 1.82) is 0 Å². The summed E-state index contributed by atoms with van der Waals surface area (Å²) in [6.07, 6.45) is 2.90. The van der Waals surface area contributed by atoms with E-state index in [-0.39, 0.29) is 23.4 Å². The molecule has 1 amide bonds. The number of allylic oxidation sites excluding steroid dienone is 1. The molecule has 1 fully saturated rings. The van der Waals surface area contributed by atoms with Gasteiger partial charge in [0.15, 0.2) is 5.78 Å². The average molecular weight is 384 g/mol. The van der Waals surface area contributed by atoms with E-state index in [0.29, 0.717) is 36.5 Å². The highest BCUT2D eigenvalue weighted by Gasteiger charge is 2.27. The number of aromatic hydroxyl groups is 1. The second-order valence-electron chi connectivity index (χ2n) is 6.82. The fourth-order valence-corrected chi connectivity index (χ4v) is 3.64. The fourth-order valence-electron chi connectivity index (χ4n) is 3.36. The number of carbonyl (C=O) groups is 2. The first-order valence-corrected chi connectivity index (χ1v) is 9.39. The van der Waals surface area contributed by atoms with Crippen molar-refractivity contribution < 1.29 is 14.7 Å². The van der Waals surface area contributed by atoms with Crippen LogP contribution in [0.5, 0.6) is 5.75 Å². The summed E-state index contributed by atoms with van der Waals surface area (Å²) in [5.74, 6) is 0.0766. The lowest BCUT2D eigenvalue weighted by Gasteiger charge is -2.30. The number of likely N-dealkylation sites (tertiary alicyclic amines) is 1. The monoisotopic (exact) mass is 383 g/mol. The summed E-state index contributed by atoms with van der Waals surface area (Å²) >= 11 is 6.19. The summed E-state index contributed by atoms with van der Waals surface area (Å²) in [5.41, 5.74) is 2.28. The summed E-state index contributed by atoms with van der Waals surface area (Å²) in [6.45, 7) is 2.99. The van der Waals surface area contributed by atoms with Crippen LogP contribution in [0.15, 0.2) is 54.6 Å². The molecular weight excluding hydrogens is 362 g/mol. The minimum Gasteiger partial charge on any atom is -0.508 e. The van der Waals surface area contributed by atoms with E-state index < -0.39 is 0 Å². The predicted octanol–water partition coefficient (Wildman–Crippen LogP) is 4.57. The molecule has 1 saturated heterocycles. The zero-order valence-electron chi connectivity index (χ0n) is 15.2. The molecule has 0 atom stereocenters. The van der Waals surface area contributed by atoms with Gasteiger partial charge in [-0.05, 0) is 61.2 Å². The molecule has 0 radical (unpaired) electrons. The third kappa shape index (κ3) is 4.58. The zero-order valence-corrected chi connectivity index (χ0v) is 15.9. The molecule has 5 heteroatoms. The molecule has 0 saturated carbocycles. The number of piperidine rings is 1. The molecule has 1 aliphatic heterocycles. The van der Waals surface area contributed by atoms with Gasteiger partial charge in [-0.3, -0.25) is 9.59 Å². The van der Waals surface area contributed by atoms with Gasteiger partial charge in [0, 0.05) is 35.7 Å². The van der Waals surface area contributed by atoms with Crippen LogP contribution in [-0.2, 0) is 4.79 Å². The standard InChI is InChI=1S/C22H22ClNO3/c1-15(19-4-2-3-5-20(19)23)14-21(26)24-12-10-17(11-13-24)22(27)16-6-8-18(25)9-7-16/h2-9,14,17,25H,10-13H2,1H3/b15-14-. The Hall–Kier alpha value is -2.59. The van der Waals surface area contributed by atoms with E-state index in [9.17, 15) is 14.7 Å². The summed E-state index contributed by atoms with van der Waals surface area (Å²) in [5, 5.41) is 9.97. The first-order chi connectivity index (χ1) is 13.0. The second-order valence-corrected chi connectivity index (χ2v) is 7.23. The molecule has 0 aromatic heterocycles. The van der Waals surface area contributed by atoms with E-state index in [0.717, 1.165) is 11.1 Å². The van der Waals surface area contributed by atoms with Crippen LogP contribution >= 0.6 is 11.6 Å². The molecule has 2 aromatic rings. The van der Waals surface area contributed by atoms with E-state index in [4.69, 9.17) is 11.6 Å². The van der Waals surface area contributed by atoms with E-state index in [1.165, 1.54) is 12.1 Å². The van der Waals surface area contributed by atoms with Crippen molar-refractivity contribution in [3.8, 4) is 5.75 Å². The van der Waals surface area contributed by atoms with Crippen molar-refractivity contribution in [1.82, 2.24) is 4.90 Å². The van der Waals surface area contributed by atoms with Crippen LogP contribution in [0.1, 0.15) is 35.7 Å². The normalized spacial score (nSPS) is 15.6. The maximum Gasteiger partial charge on any atom is 0.246 e. The zero-order chi connectivity index (χ0) is 19.4. The average Bonchev–Trinajstić information content (AvgIpc) is 2.68. The number of amides is 1. The van der Waals surface area contributed by atoms with Crippen LogP contribution in [0.3, 0.4) is 0 Å². The molecule has 1 aliphatic rings. The van der Waals surface area contributed by atoms with Crippen molar-refractivity contribution >= 4 is 28.9 Å². The van der Waals surface area contributed by atoms with Crippen LogP contribution in [0.4, 0.5) is 0 Å². The van der Waals surface area contributed by atoms with Crippen LogP contribution in [0, 0.1) is 5.92 Å². The van der Waals surface area contributed by atoms with Crippen molar-refractivity contribution in [2.45, 2.75) is 19.8 Å². The quantitative estimate of drug-likeness (QED) is 0.621. The molecule has 0 unspecified atom stereocenters. The second kappa shape index (κ2) is 8.40. The smallest absolute Gasteiger partial charge is 0.246 e. The van der Waals surface area contributed by atoms with E-state index in [1.54, 1.807) is 29.2 Å². The van der Waals surface area contributed by atoms with Crippen molar-refractivity contribution in [3.63, 3.8) is 0 Å². The van der Waals surface area contributed by atoms with Crippen LogP contribution in [-0.4, -0.2) is 34.8 Å². The van der Waals surface area contributed by atoms with Gasteiger partial charge >= 0.3 is 0 Å². The summed E-state index contributed by atoms with van der Waals surface area (Å²) < 4.78 is 0. The number of Topliss-reactive ketones (excluding diaryl/α,β-unsaturated/α-hetero) is 1. The van der Waals surface area contributed by atoms with Gasteiger partial charge in [-0.2, -0.15) is 0 Å². The molecule has 3 rings (SSSR count). The van der Waals surface area contributed by atoms with Crippen LogP contribution < -0.4 is 0 Å². The highest BCUT2D eigenvalue weighted by atomic mass is 35.5. The first kappa shape index (κ1) is 19.2. The maximum atomic E-state index is 12.6. The number of hydrogen-bond acceptors (Lipinski definition) is 3. The maximum absolute atomic E-state index is 12.6. The third-order valence-electron chi connectivity index (χ3n) is 4.97. The number of rotatable bonds is 4. The van der Waals surface area contributed by atoms with Crippen molar-refractivity contribution in [3.05, 3.63) is 70.8 Å². The number of phenolic OH excluding ortho intramolecular Hbond substituents is 1. The van der Waals surface area contributed by atoms with Crippen LogP contribution in [0.25, 0.3) is 5.57 Å². The third-order valence-corrected chi connectivity index (χ3v) is 5.30. The number of phenols is 1. The lowest BCUT2D eigenvalue weighted by atomic mass is 9.89. The number of nitrogens with zero attached hydrogens (tertiary/aromatic N) is 1. The van der Waals surface area contributed by atoms with E-state index in [2.05, 4.69) is 0 Å². The number of ketones is 1. The Labute approximate surface area is 164 Å². The summed E-state index contributed by atoms with van der Waals surface area (Å²) in [6, 6.07) is 13.8. The SMILES string of the molecule is C/C(=C/C(=O)N1CCC(C(=O)c2ccc(O)cc2)CC1)c1ccccc1Cl. The highest BCUT2D eigenvalue weighted by molar-refractivity contribution is 6.32. The van der Waals surface area contributed by atoms with E-state index >= 15 is 0 Å². The van der Waals surface area contributed by atoms with Gasteiger partial charge in [0.1, 0.15) is 5.75 Å². The van der Waals surface area contributed by atoms with Crippen molar-refractivity contribution in [2.24, 2.45) is 5.92 Å². The number of hydrogen-bond donors (Lipinski definition) is 1. The molecule has 27 heavy (non-hydrogen) atoms. The van der Waals surface area contributed by atoms with Crippen molar-refractivity contribution in [2.75, 3.05) is 13.1 Å². The summed E-state index contributed by atoms with van der Waals surface area (Å²) in [7, 11) is 0. The minimum absolute atomic E-state index is 0.0528. The first-order valence-electron chi connectivity index (χ1n) is 9.01. The molecule has 0 bridgehead atoms. The van der Waals surface area contributed by atoms with Gasteiger partial charge in [0.2, 0.25) is 5.91 Å². The Morgan fingerprint density at radius 2 is 1.70 bits per heavy atom. The van der Waals surface area contributed by atoms with Gasteiger partial charge in [-0.25, -0.2) is 0 Å². The molecule has 0 spiro atoms. The molecule has 2 aromatic carbocycles. The molecule has 1 N–H and O–H groups in total. The van der Waals surface area contributed by atoms with Gasteiger partial charge in [-0.1, -0.05) is 29.8 Å². The largest absolute Gasteiger partial charge is 0.508 e. The Morgan fingerprint density at radius 3 is 2.33 bits per heavy atom. The Bertz CT molecular complexity index is 865. The van der Waals surface area contributed by atoms with Gasteiger partial charge < -0.3 is 10.0 Å². The van der Waals surface area contributed by atoms with E-state index in [1.807, 2.05) is 25.1 Å². The van der Waals surface area contributed by atoms with Gasteiger partial charge in [0.05, 0.1) is 0 Å². The summed E-state index contributed by atoms with van der Waals surface area (Å²) in [4.78, 5) is 26.9. The fraction of sp³-hybridized carbons (Fsp3) is 0.273. The lowest BCUT2D eigenvalue weighted by molar-refractivity contribution is -0.127. The Balaban J connectivity index is 1.61. The highest BCUT2D eigenvalue weighted by Crippen LogP contribution is 2.25. The molecule has 1 heterocycles. The number of benzene rings is 2. The number of carbonyl (C=O) groups excluding carboxylic acids is 2. The van der Waals surface area contributed by atoms with Gasteiger partial charge in [-0.15, -0.1) is 0 Å². The molecule has 140 valence electrons. The topological polar surface area (TPSA) is 57.6 Å². The van der Waals surface area contributed by atoms with Crippen LogP contribution in [0.2, 0.25) is 5.02 Å². The molecular formula is C22H22ClNO3. The Kier molecular flexibility index (Phi) is 5.97. The predicted molar refractivity (Wildman–Crippen MR) is 107 cm³/mol. The molecule has 0 aliphatic carbocycles. The minimum atomic E-state index is -0.0905. The number of halogens is 1.